The van der Waals surface area contributed by atoms with E-state index in [4.69, 9.17) is 4.74 Å². The minimum absolute atomic E-state index is 0.107. The molecule has 21 heavy (non-hydrogen) atoms. The van der Waals surface area contributed by atoms with Crippen molar-refractivity contribution in [2.24, 2.45) is 0 Å². The molecule has 116 valence electrons. The summed E-state index contributed by atoms with van der Waals surface area (Å²) in [6.07, 6.45) is 1.07. The number of carbonyl (C=O) groups is 2. The average Bonchev–Trinajstić information content (AvgIpc) is 2.36. The van der Waals surface area contributed by atoms with Gasteiger partial charge in [0.15, 0.2) is 17.6 Å². The van der Waals surface area contributed by atoms with Gasteiger partial charge in [-0.15, -0.1) is 0 Å². The van der Waals surface area contributed by atoms with Crippen LogP contribution in [0.3, 0.4) is 0 Å². The van der Waals surface area contributed by atoms with Gasteiger partial charge in [-0.2, -0.15) is 0 Å². The van der Waals surface area contributed by atoms with Gasteiger partial charge in [0, 0.05) is 11.8 Å². The minimum Gasteiger partial charge on any atom is -0.458 e. The first-order valence-electron chi connectivity index (χ1n) is 6.54. The van der Waals surface area contributed by atoms with E-state index in [1.807, 2.05) is 0 Å². The van der Waals surface area contributed by atoms with Crippen molar-refractivity contribution in [1.29, 1.82) is 0 Å². The lowest BCUT2D eigenvalue weighted by Gasteiger charge is -2.23. The monoisotopic (exact) mass is 298 g/mol. The van der Waals surface area contributed by atoms with Gasteiger partial charge in [0.05, 0.1) is 0 Å². The van der Waals surface area contributed by atoms with E-state index in [2.05, 4.69) is 10.3 Å². The molecular weight excluding hydrogens is 279 g/mol. The van der Waals surface area contributed by atoms with E-state index in [0.717, 1.165) is 12.3 Å². The van der Waals surface area contributed by atoms with Crippen LogP contribution in [0.25, 0.3) is 0 Å². The molecule has 0 saturated carbocycles. The lowest BCUT2D eigenvalue weighted by Crippen LogP contribution is -2.46. The number of ketones is 1. The molecule has 0 radical (unpaired) electrons. The number of H-pyrrole nitrogens is 1. The van der Waals surface area contributed by atoms with Gasteiger partial charge in [-0.05, 0) is 33.4 Å². The number of hydrogen-bond donors (Lipinski definition) is 2. The third kappa shape index (κ3) is 4.78. The molecule has 0 amide bonds. The third-order valence-corrected chi connectivity index (χ3v) is 2.46. The molecule has 0 aliphatic rings. The Morgan fingerprint density at radius 1 is 1.43 bits per heavy atom. The first-order valence-corrected chi connectivity index (χ1v) is 6.54. The van der Waals surface area contributed by atoms with E-state index < -0.39 is 34.8 Å². The fourth-order valence-electron chi connectivity index (χ4n) is 1.61. The normalized spacial score (nSPS) is 12.8. The first-order chi connectivity index (χ1) is 9.65. The lowest BCUT2D eigenvalue weighted by atomic mass is 10.1. The summed E-state index contributed by atoms with van der Waals surface area (Å²) in [6, 6.07) is -0.449. The molecule has 1 unspecified atom stereocenters. The summed E-state index contributed by atoms with van der Waals surface area (Å²) < 4.78 is 18.4. The number of aromatic nitrogens is 1. The number of rotatable bonds is 5. The van der Waals surface area contributed by atoms with Crippen molar-refractivity contribution in [3.63, 3.8) is 0 Å². The summed E-state index contributed by atoms with van der Waals surface area (Å²) in [6.45, 7) is 7.10. The SMILES string of the molecule is CCNC(C(=O)OC(C)(C)C)C(=O)c1c[nH]c(=O)c(F)c1. The second-order valence-corrected chi connectivity index (χ2v) is 5.45. The van der Waals surface area contributed by atoms with E-state index in [1.54, 1.807) is 27.7 Å². The fourth-order valence-corrected chi connectivity index (χ4v) is 1.61. The maximum absolute atomic E-state index is 13.2. The van der Waals surface area contributed by atoms with E-state index in [-0.39, 0.29) is 5.56 Å². The number of pyridine rings is 1. The van der Waals surface area contributed by atoms with Crippen molar-refractivity contribution in [1.82, 2.24) is 10.3 Å². The molecule has 0 fully saturated rings. The molecule has 2 N–H and O–H groups in total. The summed E-state index contributed by atoms with van der Waals surface area (Å²) in [5.74, 6) is -2.50. The Labute approximate surface area is 121 Å². The van der Waals surface area contributed by atoms with Crippen molar-refractivity contribution in [3.05, 3.63) is 34.0 Å². The Hall–Kier alpha value is -2.02. The van der Waals surface area contributed by atoms with Crippen LogP contribution in [0, 0.1) is 5.82 Å². The van der Waals surface area contributed by atoms with E-state index >= 15 is 0 Å². The molecule has 1 heterocycles. The molecule has 0 aliphatic heterocycles. The second-order valence-electron chi connectivity index (χ2n) is 5.45. The predicted octanol–water partition coefficient (Wildman–Crippen LogP) is 1.02. The molecule has 1 atom stereocenters. The molecular formula is C14H19FN2O4. The van der Waals surface area contributed by atoms with Gasteiger partial charge in [0.25, 0.3) is 5.56 Å². The van der Waals surface area contributed by atoms with Gasteiger partial charge >= 0.3 is 5.97 Å². The molecule has 0 spiro atoms. The molecule has 6 nitrogen and oxygen atoms in total. The Morgan fingerprint density at radius 2 is 2.05 bits per heavy atom. The molecule has 1 rings (SSSR count). The summed E-state index contributed by atoms with van der Waals surface area (Å²) in [7, 11) is 0. The Morgan fingerprint density at radius 3 is 2.52 bits per heavy atom. The zero-order valence-corrected chi connectivity index (χ0v) is 12.5. The lowest BCUT2D eigenvalue weighted by molar-refractivity contribution is -0.155. The average molecular weight is 298 g/mol. The Bertz CT molecular complexity index is 589. The van der Waals surface area contributed by atoms with Crippen LogP contribution >= 0.6 is 0 Å². The van der Waals surface area contributed by atoms with Crippen LogP contribution in [0.1, 0.15) is 38.1 Å². The maximum atomic E-state index is 13.2. The van der Waals surface area contributed by atoms with Crippen LogP contribution in [0.2, 0.25) is 0 Å². The van der Waals surface area contributed by atoms with E-state index in [1.165, 1.54) is 0 Å². The molecule has 0 aliphatic carbocycles. The predicted molar refractivity (Wildman–Crippen MR) is 74.7 cm³/mol. The number of likely N-dealkylation sites (N-methyl/N-ethyl adjacent to an activating group) is 1. The van der Waals surface area contributed by atoms with Crippen LogP contribution in [0.4, 0.5) is 4.39 Å². The van der Waals surface area contributed by atoms with Crippen LogP contribution in [-0.2, 0) is 9.53 Å². The van der Waals surface area contributed by atoms with Gasteiger partial charge in [-0.3, -0.25) is 14.9 Å². The fraction of sp³-hybridized carbons (Fsp3) is 0.500. The molecule has 7 heteroatoms. The maximum Gasteiger partial charge on any atom is 0.331 e. The van der Waals surface area contributed by atoms with E-state index in [9.17, 15) is 18.8 Å². The molecule has 0 bridgehead atoms. The van der Waals surface area contributed by atoms with Crippen molar-refractivity contribution in [2.45, 2.75) is 39.3 Å². The quantitative estimate of drug-likeness (QED) is 0.481. The minimum atomic E-state index is -1.25. The standard InChI is InChI=1S/C14H19FN2O4/c1-5-16-10(13(20)21-14(2,3)4)11(18)8-6-9(15)12(19)17-7-8/h6-7,10,16H,5H2,1-4H3,(H,17,19). The molecule has 0 aromatic carbocycles. The van der Waals surface area contributed by atoms with Crippen LogP contribution in [-0.4, -0.2) is 34.9 Å². The number of Topliss-reactive ketones (excluding diaryl/α,β-unsaturated/α-hetero) is 1. The molecule has 1 aromatic heterocycles. The topological polar surface area (TPSA) is 88.3 Å². The van der Waals surface area contributed by atoms with Gasteiger partial charge in [-0.1, -0.05) is 6.92 Å². The van der Waals surface area contributed by atoms with Crippen LogP contribution < -0.4 is 10.9 Å². The number of carbonyl (C=O) groups excluding carboxylic acids is 2. The van der Waals surface area contributed by atoms with Crippen molar-refractivity contribution in [2.75, 3.05) is 6.54 Å². The summed E-state index contributed by atoms with van der Waals surface area (Å²) >= 11 is 0. The highest BCUT2D eigenvalue weighted by atomic mass is 19.1. The first kappa shape index (κ1) is 17.0. The Kier molecular flexibility index (Phi) is 5.37. The highest BCUT2D eigenvalue weighted by Crippen LogP contribution is 2.11. The largest absolute Gasteiger partial charge is 0.458 e. The zero-order valence-electron chi connectivity index (χ0n) is 12.5. The van der Waals surface area contributed by atoms with Crippen molar-refractivity contribution >= 4 is 11.8 Å². The van der Waals surface area contributed by atoms with Crippen LogP contribution in [0.15, 0.2) is 17.1 Å². The summed E-state index contributed by atoms with van der Waals surface area (Å²) in [5, 5.41) is 2.70. The smallest absolute Gasteiger partial charge is 0.331 e. The molecule has 0 saturated heterocycles. The van der Waals surface area contributed by atoms with Crippen molar-refractivity contribution < 1.29 is 18.7 Å². The Balaban J connectivity index is 3.04. The number of hydrogen-bond acceptors (Lipinski definition) is 5. The van der Waals surface area contributed by atoms with Gasteiger partial charge in [0.2, 0.25) is 0 Å². The number of nitrogens with one attached hydrogen (secondary N) is 2. The number of aromatic amines is 1. The number of ether oxygens (including phenoxy) is 1. The number of esters is 1. The highest BCUT2D eigenvalue weighted by Gasteiger charge is 2.31. The molecule has 1 aromatic rings. The second kappa shape index (κ2) is 6.62. The van der Waals surface area contributed by atoms with Crippen molar-refractivity contribution in [3.8, 4) is 0 Å². The zero-order chi connectivity index (χ0) is 16.2. The number of halogens is 1. The highest BCUT2D eigenvalue weighted by molar-refractivity contribution is 6.12. The van der Waals surface area contributed by atoms with Gasteiger partial charge in [0.1, 0.15) is 5.60 Å². The third-order valence-electron chi connectivity index (χ3n) is 2.46. The summed E-state index contributed by atoms with van der Waals surface area (Å²) in [5.41, 5.74) is -1.78. The van der Waals surface area contributed by atoms with E-state index in [0.29, 0.717) is 6.54 Å². The van der Waals surface area contributed by atoms with Gasteiger partial charge < -0.3 is 9.72 Å². The van der Waals surface area contributed by atoms with Gasteiger partial charge in [-0.25, -0.2) is 9.18 Å². The summed E-state index contributed by atoms with van der Waals surface area (Å²) in [4.78, 5) is 37.4. The van der Waals surface area contributed by atoms with Crippen LogP contribution in [0.5, 0.6) is 0 Å².